The van der Waals surface area contributed by atoms with Crippen molar-refractivity contribution in [3.63, 3.8) is 0 Å². The monoisotopic (exact) mass is 417 g/mol. The van der Waals surface area contributed by atoms with Crippen molar-refractivity contribution in [1.29, 1.82) is 0 Å². The van der Waals surface area contributed by atoms with Gasteiger partial charge in [0.2, 0.25) is 5.60 Å². The number of fused-ring (bicyclic) bond motifs is 1. The molecule has 1 aliphatic heterocycles. The highest BCUT2D eigenvalue weighted by Gasteiger charge is 2.50. The Morgan fingerprint density at radius 1 is 1.30 bits per heavy atom. The minimum atomic E-state index is -1.64. The predicted octanol–water partition coefficient (Wildman–Crippen LogP) is 2.04. The normalized spacial score (nSPS) is 20.5. The first-order chi connectivity index (χ1) is 14.3. The van der Waals surface area contributed by atoms with Gasteiger partial charge >= 0.3 is 5.97 Å². The number of nitrogens with zero attached hydrogens (tertiary/aromatic N) is 2. The predicted molar refractivity (Wildman–Crippen MR) is 108 cm³/mol. The largest absolute Gasteiger partial charge is 0.481 e. The molecule has 2 unspecified atom stereocenters. The third-order valence-electron chi connectivity index (χ3n) is 5.35. The number of aromatic nitrogens is 1. The van der Waals surface area contributed by atoms with E-state index in [0.29, 0.717) is 11.4 Å². The SMILES string of the molecule is CC(C)[C@@]1(C(=O)NC(CC(=O)O)C(O)CF)CC(c2nccc3ccccc23)=NO1. The number of halogens is 1. The molecule has 0 aliphatic carbocycles. The molecule has 0 radical (unpaired) electrons. The van der Waals surface area contributed by atoms with E-state index in [1.54, 1.807) is 20.0 Å². The number of alkyl halides is 1. The summed E-state index contributed by atoms with van der Waals surface area (Å²) < 4.78 is 12.9. The molecule has 0 saturated heterocycles. The van der Waals surface area contributed by atoms with Crippen molar-refractivity contribution in [2.75, 3.05) is 6.67 Å². The van der Waals surface area contributed by atoms with E-state index in [4.69, 9.17) is 9.94 Å². The summed E-state index contributed by atoms with van der Waals surface area (Å²) in [7, 11) is 0. The van der Waals surface area contributed by atoms with Gasteiger partial charge in [-0.1, -0.05) is 43.3 Å². The fourth-order valence-corrected chi connectivity index (χ4v) is 3.49. The standard InChI is InChI=1S/C21H24FN3O5/c1-12(2)21(20(29)24-15(9-18(27)28)17(26)11-22)10-16(25-30-21)19-14-6-4-3-5-13(14)7-8-23-19/h3-8,12,15,17,26H,9-11H2,1-2H3,(H,24,29)(H,27,28)/t15?,17?,21-/m1/s1. The molecule has 0 bridgehead atoms. The number of oxime groups is 1. The van der Waals surface area contributed by atoms with Crippen LogP contribution in [0.1, 0.15) is 32.4 Å². The fourth-order valence-electron chi connectivity index (χ4n) is 3.49. The first-order valence-corrected chi connectivity index (χ1v) is 9.64. The quantitative estimate of drug-likeness (QED) is 0.604. The van der Waals surface area contributed by atoms with E-state index in [1.165, 1.54) is 0 Å². The summed E-state index contributed by atoms with van der Waals surface area (Å²) in [6.45, 7) is 2.36. The highest BCUT2D eigenvalue weighted by atomic mass is 19.1. The van der Waals surface area contributed by atoms with Gasteiger partial charge in [0.25, 0.3) is 5.91 Å². The van der Waals surface area contributed by atoms with Gasteiger partial charge in [-0.25, -0.2) is 4.39 Å². The molecule has 2 heterocycles. The fraction of sp³-hybridized carbons (Fsp3) is 0.429. The van der Waals surface area contributed by atoms with E-state index in [-0.39, 0.29) is 12.3 Å². The number of carboxylic acid groups (broad SMARTS) is 1. The number of amides is 1. The van der Waals surface area contributed by atoms with Crippen molar-refractivity contribution >= 4 is 28.4 Å². The maximum absolute atomic E-state index is 13.1. The Balaban J connectivity index is 1.87. The molecule has 9 heteroatoms. The zero-order chi connectivity index (χ0) is 21.9. The molecule has 1 aliphatic rings. The highest BCUT2D eigenvalue weighted by Crippen LogP contribution is 2.35. The molecule has 160 valence electrons. The van der Waals surface area contributed by atoms with E-state index < -0.39 is 42.7 Å². The third kappa shape index (κ3) is 4.11. The van der Waals surface area contributed by atoms with Gasteiger partial charge < -0.3 is 20.4 Å². The summed E-state index contributed by atoms with van der Waals surface area (Å²) in [4.78, 5) is 34.2. The number of pyridine rings is 1. The average molecular weight is 417 g/mol. The van der Waals surface area contributed by atoms with Crippen LogP contribution >= 0.6 is 0 Å². The number of aliphatic hydroxyl groups excluding tert-OH is 1. The van der Waals surface area contributed by atoms with Crippen molar-refractivity contribution in [1.82, 2.24) is 10.3 Å². The Kier molecular flexibility index (Phi) is 6.31. The van der Waals surface area contributed by atoms with Gasteiger partial charge in [0.15, 0.2) is 0 Å². The van der Waals surface area contributed by atoms with Crippen molar-refractivity contribution in [2.45, 2.75) is 44.4 Å². The van der Waals surface area contributed by atoms with Crippen molar-refractivity contribution in [3.8, 4) is 0 Å². The van der Waals surface area contributed by atoms with Crippen LogP contribution in [-0.4, -0.2) is 57.2 Å². The Labute approximate surface area is 172 Å². The van der Waals surface area contributed by atoms with Crippen molar-refractivity contribution < 1.29 is 29.0 Å². The molecule has 0 spiro atoms. The van der Waals surface area contributed by atoms with E-state index >= 15 is 0 Å². The second-order valence-corrected chi connectivity index (χ2v) is 7.63. The summed E-state index contributed by atoms with van der Waals surface area (Å²) in [5.74, 6) is -2.27. The number of benzene rings is 1. The van der Waals surface area contributed by atoms with Gasteiger partial charge in [0.05, 0.1) is 18.2 Å². The second-order valence-electron chi connectivity index (χ2n) is 7.63. The topological polar surface area (TPSA) is 121 Å². The van der Waals surface area contributed by atoms with Crippen molar-refractivity contribution in [3.05, 3.63) is 42.2 Å². The van der Waals surface area contributed by atoms with E-state index in [0.717, 1.165) is 10.8 Å². The average Bonchev–Trinajstić information content (AvgIpc) is 3.18. The first-order valence-electron chi connectivity index (χ1n) is 9.64. The lowest BCUT2D eigenvalue weighted by Gasteiger charge is -2.32. The second kappa shape index (κ2) is 8.74. The van der Waals surface area contributed by atoms with Crippen LogP contribution in [0.3, 0.4) is 0 Å². The summed E-state index contributed by atoms with van der Waals surface area (Å²) in [6.07, 6.45) is -0.515. The number of rotatable bonds is 8. The molecule has 1 amide bonds. The molecule has 3 rings (SSSR count). The molecule has 8 nitrogen and oxygen atoms in total. The van der Waals surface area contributed by atoms with Crippen LogP contribution in [0, 0.1) is 5.92 Å². The number of carboxylic acids is 1. The molecule has 2 aromatic rings. The number of carbonyl (C=O) groups is 2. The van der Waals surface area contributed by atoms with E-state index in [9.17, 15) is 19.1 Å². The lowest BCUT2D eigenvalue weighted by atomic mass is 9.83. The van der Waals surface area contributed by atoms with E-state index in [1.807, 2.05) is 30.3 Å². The summed E-state index contributed by atoms with van der Waals surface area (Å²) in [5, 5.41) is 27.2. The third-order valence-corrected chi connectivity index (χ3v) is 5.35. The van der Waals surface area contributed by atoms with Crippen LogP contribution in [0.15, 0.2) is 41.7 Å². The molecule has 1 aromatic carbocycles. The van der Waals surface area contributed by atoms with Gasteiger partial charge in [-0.3, -0.25) is 14.6 Å². The van der Waals surface area contributed by atoms with Gasteiger partial charge in [0, 0.05) is 23.9 Å². The molecule has 3 N–H and O–H groups in total. The van der Waals surface area contributed by atoms with Gasteiger partial charge in [0.1, 0.15) is 18.5 Å². The Bertz CT molecular complexity index is 975. The first kappa shape index (κ1) is 21.6. The number of carbonyl (C=O) groups excluding carboxylic acids is 1. The Hall–Kier alpha value is -3.07. The van der Waals surface area contributed by atoms with Crippen LogP contribution in [0.25, 0.3) is 10.8 Å². The molecule has 0 fully saturated rings. The van der Waals surface area contributed by atoms with Gasteiger partial charge in [-0.05, 0) is 11.5 Å². The maximum atomic E-state index is 13.1. The van der Waals surface area contributed by atoms with Crippen LogP contribution in [-0.2, 0) is 14.4 Å². The summed E-state index contributed by atoms with van der Waals surface area (Å²) in [5.41, 5.74) is -0.355. The molecule has 30 heavy (non-hydrogen) atoms. The number of aliphatic hydroxyl groups is 1. The van der Waals surface area contributed by atoms with Crippen LogP contribution in [0.2, 0.25) is 0 Å². The zero-order valence-corrected chi connectivity index (χ0v) is 16.7. The number of hydrogen-bond acceptors (Lipinski definition) is 6. The van der Waals surface area contributed by atoms with Crippen LogP contribution in [0.5, 0.6) is 0 Å². The lowest BCUT2D eigenvalue weighted by Crippen LogP contribution is -2.56. The molecule has 0 saturated carbocycles. The van der Waals surface area contributed by atoms with Gasteiger partial charge in [-0.2, -0.15) is 0 Å². The van der Waals surface area contributed by atoms with Crippen LogP contribution in [0.4, 0.5) is 4.39 Å². The highest BCUT2D eigenvalue weighted by molar-refractivity contribution is 6.11. The van der Waals surface area contributed by atoms with Crippen molar-refractivity contribution in [2.24, 2.45) is 11.1 Å². The van der Waals surface area contributed by atoms with E-state index in [2.05, 4.69) is 15.5 Å². The Morgan fingerprint density at radius 2 is 2.03 bits per heavy atom. The number of aliphatic carboxylic acids is 1. The molecule has 3 atom stereocenters. The zero-order valence-electron chi connectivity index (χ0n) is 16.7. The minimum Gasteiger partial charge on any atom is -0.481 e. The molecule has 1 aromatic heterocycles. The summed E-state index contributed by atoms with van der Waals surface area (Å²) in [6, 6.07) is 8.20. The van der Waals surface area contributed by atoms with Gasteiger partial charge in [-0.15, -0.1) is 0 Å². The number of hydrogen-bond donors (Lipinski definition) is 3. The maximum Gasteiger partial charge on any atom is 0.305 e. The molecular weight excluding hydrogens is 393 g/mol. The minimum absolute atomic E-state index is 0.100. The van der Waals surface area contributed by atoms with Crippen LogP contribution < -0.4 is 5.32 Å². The molecular formula is C21H24FN3O5. The smallest absolute Gasteiger partial charge is 0.305 e. The Morgan fingerprint density at radius 3 is 2.70 bits per heavy atom. The summed E-state index contributed by atoms with van der Waals surface area (Å²) >= 11 is 0. The number of nitrogens with one attached hydrogen (secondary N) is 1. The lowest BCUT2D eigenvalue weighted by molar-refractivity contribution is -0.152.